The molecule has 6 aromatic carbocycles. The Bertz CT molecular complexity index is 2320. The number of hydrogen-bond donors (Lipinski definition) is 0. The SMILES string of the molecule is O=C1c2cccc3c(-c4ccc(-c5ccc6c7c(cccc57)C(=O)N(C5CCCCC5)C6=O)c5ccccc45)ccc(c23)C(=O)N1C1CCCCC1. The van der Waals surface area contributed by atoms with E-state index in [4.69, 9.17) is 0 Å². The molecule has 0 saturated heterocycles. The predicted octanol–water partition coefficient (Wildman–Crippen LogP) is 10.3. The second-order valence-corrected chi connectivity index (χ2v) is 15.0. The van der Waals surface area contributed by atoms with E-state index in [0.29, 0.717) is 22.3 Å². The van der Waals surface area contributed by atoms with Crippen LogP contribution in [0, 0.1) is 0 Å². The molecule has 2 aliphatic heterocycles. The van der Waals surface area contributed by atoms with Crippen molar-refractivity contribution in [2.24, 2.45) is 0 Å². The number of carbonyl (C=O) groups is 4. The first-order chi connectivity index (χ1) is 25.5. The van der Waals surface area contributed by atoms with Crippen LogP contribution in [0.15, 0.2) is 97.1 Å². The number of nitrogens with zero attached hydrogens (tertiary/aromatic N) is 2. The fourth-order valence-corrected chi connectivity index (χ4v) is 9.81. The highest BCUT2D eigenvalue weighted by Gasteiger charge is 2.40. The Labute approximate surface area is 302 Å². The third-order valence-electron chi connectivity index (χ3n) is 12.3. The largest absolute Gasteiger partial charge is 0.271 e. The van der Waals surface area contributed by atoms with Crippen molar-refractivity contribution >= 4 is 55.9 Å². The number of fused-ring (bicyclic) bond motifs is 1. The monoisotopic (exact) mass is 682 g/mol. The number of carbonyl (C=O) groups excluding carboxylic acids is 4. The van der Waals surface area contributed by atoms with Crippen LogP contribution in [-0.4, -0.2) is 45.5 Å². The Morgan fingerprint density at radius 3 is 1.02 bits per heavy atom. The minimum Gasteiger partial charge on any atom is -0.271 e. The highest BCUT2D eigenvalue weighted by atomic mass is 16.2. The Morgan fingerprint density at radius 1 is 0.327 bits per heavy atom. The van der Waals surface area contributed by atoms with Crippen molar-refractivity contribution in [3.8, 4) is 22.3 Å². The second-order valence-electron chi connectivity index (χ2n) is 15.0. The Morgan fingerprint density at radius 2 is 0.635 bits per heavy atom. The maximum Gasteiger partial charge on any atom is 0.261 e. The molecule has 0 atom stereocenters. The summed E-state index contributed by atoms with van der Waals surface area (Å²) < 4.78 is 0. The topological polar surface area (TPSA) is 74.8 Å². The molecule has 0 N–H and O–H groups in total. The molecule has 2 aliphatic carbocycles. The molecule has 0 unspecified atom stereocenters. The maximum absolute atomic E-state index is 14.0. The fraction of sp³-hybridized carbons (Fsp3) is 0.261. The highest BCUT2D eigenvalue weighted by Crippen LogP contribution is 2.45. The first-order valence-corrected chi connectivity index (χ1v) is 18.9. The molecule has 6 nitrogen and oxygen atoms in total. The van der Waals surface area contributed by atoms with E-state index in [1.807, 2.05) is 72.8 Å². The molecule has 10 rings (SSSR count). The Kier molecular flexibility index (Phi) is 7.17. The van der Waals surface area contributed by atoms with Crippen LogP contribution in [-0.2, 0) is 0 Å². The van der Waals surface area contributed by atoms with E-state index in [2.05, 4.69) is 24.3 Å². The van der Waals surface area contributed by atoms with Crippen molar-refractivity contribution in [2.75, 3.05) is 0 Å². The van der Waals surface area contributed by atoms with E-state index in [9.17, 15) is 19.2 Å². The van der Waals surface area contributed by atoms with Gasteiger partial charge in [-0.3, -0.25) is 29.0 Å². The lowest BCUT2D eigenvalue weighted by molar-refractivity contribution is 0.0487. The van der Waals surface area contributed by atoms with Gasteiger partial charge in [-0.15, -0.1) is 0 Å². The molecule has 4 aliphatic rings. The summed E-state index contributed by atoms with van der Waals surface area (Å²) >= 11 is 0. The number of amides is 4. The molecule has 4 amide bonds. The van der Waals surface area contributed by atoms with Crippen molar-refractivity contribution in [3.05, 3.63) is 119 Å². The number of imide groups is 2. The van der Waals surface area contributed by atoms with Gasteiger partial charge in [0, 0.05) is 45.1 Å². The first-order valence-electron chi connectivity index (χ1n) is 18.9. The lowest BCUT2D eigenvalue weighted by Crippen LogP contribution is -2.47. The number of benzene rings is 6. The highest BCUT2D eigenvalue weighted by molar-refractivity contribution is 6.29. The zero-order valence-corrected chi connectivity index (χ0v) is 29.0. The van der Waals surface area contributed by atoms with E-state index in [-0.39, 0.29) is 35.7 Å². The van der Waals surface area contributed by atoms with Crippen LogP contribution in [0.3, 0.4) is 0 Å². The number of hydrogen-bond acceptors (Lipinski definition) is 4. The molecule has 52 heavy (non-hydrogen) atoms. The molecular weight excluding hydrogens is 645 g/mol. The smallest absolute Gasteiger partial charge is 0.261 e. The van der Waals surface area contributed by atoms with Crippen molar-refractivity contribution in [1.29, 1.82) is 0 Å². The summed E-state index contributed by atoms with van der Waals surface area (Å²) in [5.41, 5.74) is 6.32. The second kappa shape index (κ2) is 12.0. The molecule has 6 aromatic rings. The van der Waals surface area contributed by atoms with Crippen LogP contribution in [0.4, 0.5) is 0 Å². The maximum atomic E-state index is 14.0. The zero-order chi connectivity index (χ0) is 35.1. The molecule has 0 radical (unpaired) electrons. The summed E-state index contributed by atoms with van der Waals surface area (Å²) in [5, 5.41) is 5.31. The van der Waals surface area contributed by atoms with Gasteiger partial charge in [0.25, 0.3) is 23.6 Å². The lowest BCUT2D eigenvalue weighted by Gasteiger charge is -2.36. The van der Waals surface area contributed by atoms with Gasteiger partial charge < -0.3 is 0 Å². The average Bonchev–Trinajstić information content (AvgIpc) is 3.19. The van der Waals surface area contributed by atoms with Gasteiger partial charge in [0.1, 0.15) is 0 Å². The van der Waals surface area contributed by atoms with Crippen molar-refractivity contribution in [3.63, 3.8) is 0 Å². The lowest BCUT2D eigenvalue weighted by atomic mass is 9.83. The summed E-state index contributed by atoms with van der Waals surface area (Å²) in [5.74, 6) is -0.744. The molecule has 0 aromatic heterocycles. The van der Waals surface area contributed by atoms with E-state index in [0.717, 1.165) is 119 Å². The van der Waals surface area contributed by atoms with Gasteiger partial charge in [-0.25, -0.2) is 0 Å². The van der Waals surface area contributed by atoms with E-state index in [1.165, 1.54) is 9.80 Å². The molecule has 2 saturated carbocycles. The van der Waals surface area contributed by atoms with Crippen LogP contribution in [0.1, 0.15) is 106 Å². The van der Waals surface area contributed by atoms with Gasteiger partial charge in [0.15, 0.2) is 0 Å². The third kappa shape index (κ3) is 4.49. The van der Waals surface area contributed by atoms with Crippen LogP contribution >= 0.6 is 0 Å². The molecule has 2 fully saturated rings. The average molecular weight is 683 g/mol. The Balaban J connectivity index is 1.10. The van der Waals surface area contributed by atoms with Crippen LogP contribution < -0.4 is 0 Å². The quantitative estimate of drug-likeness (QED) is 0.174. The first kappa shape index (κ1) is 31.1. The molecule has 256 valence electrons. The summed E-state index contributed by atoms with van der Waals surface area (Å²) in [6.07, 6.45) is 9.91. The number of rotatable bonds is 4. The van der Waals surface area contributed by atoms with Gasteiger partial charge in [-0.05, 0) is 93.7 Å². The fourth-order valence-electron chi connectivity index (χ4n) is 9.81. The minimum atomic E-state index is -0.186. The van der Waals surface area contributed by atoms with Crippen LogP contribution in [0.5, 0.6) is 0 Å². The minimum absolute atomic E-state index is 0.0457. The van der Waals surface area contributed by atoms with Crippen molar-refractivity contribution < 1.29 is 19.2 Å². The van der Waals surface area contributed by atoms with Gasteiger partial charge in [-0.1, -0.05) is 111 Å². The van der Waals surface area contributed by atoms with Gasteiger partial charge in [0.2, 0.25) is 0 Å². The van der Waals surface area contributed by atoms with Crippen molar-refractivity contribution in [1.82, 2.24) is 9.80 Å². The summed E-state index contributed by atoms with van der Waals surface area (Å²) in [7, 11) is 0. The molecule has 6 heteroatoms. The van der Waals surface area contributed by atoms with Crippen LogP contribution in [0.25, 0.3) is 54.6 Å². The Hall–Kier alpha value is -5.62. The summed E-state index contributed by atoms with van der Waals surface area (Å²) in [4.78, 5) is 58.9. The van der Waals surface area contributed by atoms with Crippen molar-refractivity contribution in [2.45, 2.75) is 76.3 Å². The van der Waals surface area contributed by atoms with Crippen LogP contribution in [0.2, 0.25) is 0 Å². The molecular formula is C46H38N2O4. The third-order valence-corrected chi connectivity index (χ3v) is 12.3. The van der Waals surface area contributed by atoms with Gasteiger partial charge >= 0.3 is 0 Å². The van der Waals surface area contributed by atoms with E-state index in [1.54, 1.807) is 0 Å². The molecule has 0 bridgehead atoms. The summed E-state index contributed by atoms with van der Waals surface area (Å²) in [6, 6.07) is 32.0. The normalized spacial score (nSPS) is 18.3. The van der Waals surface area contributed by atoms with Gasteiger partial charge in [-0.2, -0.15) is 0 Å². The van der Waals surface area contributed by atoms with Gasteiger partial charge in [0.05, 0.1) is 0 Å². The standard InChI is InChI=1S/C46H38N2O4/c49-43-37-19-9-17-35-33(23-25-39(41(35)37)45(51)47(43)27-11-3-1-4-12-27)31-21-22-32(30-16-8-7-15-29(30)31)34-24-26-40-42-36(34)18-10-20-38(42)44(50)48(46(40)52)28-13-5-2-6-14-28/h7-10,15-28H,1-6,11-14H2. The summed E-state index contributed by atoms with van der Waals surface area (Å²) in [6.45, 7) is 0. The van der Waals surface area contributed by atoms with E-state index >= 15 is 0 Å². The molecule has 2 heterocycles. The predicted molar refractivity (Wildman–Crippen MR) is 205 cm³/mol. The molecule has 0 spiro atoms. The van der Waals surface area contributed by atoms with E-state index < -0.39 is 0 Å². The zero-order valence-electron chi connectivity index (χ0n) is 29.0.